The van der Waals surface area contributed by atoms with Crippen LogP contribution in [0, 0.1) is 0 Å². The molecule has 2 aromatic rings. The quantitative estimate of drug-likeness (QED) is 0.562. The van der Waals surface area contributed by atoms with E-state index in [2.05, 4.69) is 28.1 Å². The van der Waals surface area contributed by atoms with Crippen molar-refractivity contribution in [2.45, 2.75) is 37.2 Å². The summed E-state index contributed by atoms with van der Waals surface area (Å²) in [7, 11) is 1.90. The van der Waals surface area contributed by atoms with Gasteiger partial charge in [0, 0.05) is 25.5 Å². The fourth-order valence-electron chi connectivity index (χ4n) is 4.01. The Morgan fingerprint density at radius 3 is 1.86 bits per heavy atom. The standard InChI is InChI=1S/C19H21N3O.2C2HF3O2/c1-21-17-8-3-2-7-16(17)19(18(21)23)9-12-22(13-10-19)14-15-6-4-5-11-20-15;2*3-2(4,5)1(6)7/h2-8,11H,9-10,12-14H2,1H3;2*(H,6,7). The summed E-state index contributed by atoms with van der Waals surface area (Å²) in [5.74, 6) is -5.25. The van der Waals surface area contributed by atoms with E-state index in [1.54, 1.807) is 0 Å². The van der Waals surface area contributed by atoms with Crippen LogP contribution in [0.4, 0.5) is 32.0 Å². The van der Waals surface area contributed by atoms with E-state index in [9.17, 15) is 31.1 Å². The summed E-state index contributed by atoms with van der Waals surface area (Å²) >= 11 is 0. The Bertz CT molecular complexity index is 1080. The number of pyridine rings is 1. The first-order valence-corrected chi connectivity index (χ1v) is 10.7. The molecule has 1 amide bonds. The minimum atomic E-state index is -5.08. The number of aliphatic carboxylic acids is 2. The highest BCUT2D eigenvalue weighted by molar-refractivity contribution is 6.07. The van der Waals surface area contributed by atoms with Crippen LogP contribution in [0.25, 0.3) is 0 Å². The molecule has 8 nitrogen and oxygen atoms in total. The molecule has 0 unspecified atom stereocenters. The summed E-state index contributed by atoms with van der Waals surface area (Å²) < 4.78 is 63.5. The Labute approximate surface area is 207 Å². The second-order valence-corrected chi connectivity index (χ2v) is 8.17. The van der Waals surface area contributed by atoms with Crippen molar-refractivity contribution < 1.29 is 50.9 Å². The largest absolute Gasteiger partial charge is 0.490 e. The van der Waals surface area contributed by atoms with Gasteiger partial charge >= 0.3 is 24.3 Å². The molecule has 0 radical (unpaired) electrons. The van der Waals surface area contributed by atoms with Crippen molar-refractivity contribution in [3.63, 3.8) is 0 Å². The molecule has 3 heterocycles. The topological polar surface area (TPSA) is 111 Å². The number of alkyl halides is 6. The van der Waals surface area contributed by atoms with Crippen molar-refractivity contribution in [3.8, 4) is 0 Å². The fraction of sp³-hybridized carbons (Fsp3) is 0.391. The third-order valence-corrected chi connectivity index (χ3v) is 5.80. The zero-order valence-corrected chi connectivity index (χ0v) is 19.4. The van der Waals surface area contributed by atoms with Crippen LogP contribution < -0.4 is 4.90 Å². The number of para-hydroxylation sites is 1. The molecule has 37 heavy (non-hydrogen) atoms. The van der Waals surface area contributed by atoms with Gasteiger partial charge in [-0.1, -0.05) is 24.3 Å². The maximum absolute atomic E-state index is 12.9. The number of carbonyl (C=O) groups is 3. The summed E-state index contributed by atoms with van der Waals surface area (Å²) in [6, 6.07) is 14.3. The maximum Gasteiger partial charge on any atom is 0.490 e. The van der Waals surface area contributed by atoms with Crippen LogP contribution in [-0.2, 0) is 26.3 Å². The second-order valence-electron chi connectivity index (χ2n) is 8.17. The molecule has 2 aliphatic heterocycles. The minimum Gasteiger partial charge on any atom is -0.475 e. The first-order chi connectivity index (χ1) is 17.1. The lowest BCUT2D eigenvalue weighted by molar-refractivity contribution is -0.193. The number of carboxylic acids is 2. The first kappa shape index (κ1) is 29.5. The van der Waals surface area contributed by atoms with Crippen molar-refractivity contribution >= 4 is 23.5 Å². The van der Waals surface area contributed by atoms with Gasteiger partial charge in [0.05, 0.1) is 11.1 Å². The number of likely N-dealkylation sites (tertiary alicyclic amines) is 1. The summed E-state index contributed by atoms with van der Waals surface area (Å²) in [5, 5.41) is 14.2. The van der Waals surface area contributed by atoms with E-state index in [-0.39, 0.29) is 11.3 Å². The molecule has 0 aliphatic carbocycles. The molecule has 0 bridgehead atoms. The van der Waals surface area contributed by atoms with Gasteiger partial charge in [-0.25, -0.2) is 9.59 Å². The predicted molar refractivity (Wildman–Crippen MR) is 118 cm³/mol. The molecule has 202 valence electrons. The summed E-state index contributed by atoms with van der Waals surface area (Å²) in [6.45, 7) is 2.73. The lowest BCUT2D eigenvalue weighted by Crippen LogP contribution is -2.47. The maximum atomic E-state index is 12.9. The number of aromatic nitrogens is 1. The Morgan fingerprint density at radius 1 is 0.919 bits per heavy atom. The lowest BCUT2D eigenvalue weighted by Gasteiger charge is -2.38. The average Bonchev–Trinajstić information content (AvgIpc) is 3.03. The molecule has 4 rings (SSSR count). The molecule has 14 heteroatoms. The van der Waals surface area contributed by atoms with E-state index in [1.807, 2.05) is 42.4 Å². The molecular weight excluding hydrogens is 512 g/mol. The molecular formula is C23H23F6N3O5. The normalized spacial score (nSPS) is 16.7. The Balaban J connectivity index is 0.000000286. The molecule has 0 saturated carbocycles. The Hall–Kier alpha value is -3.68. The summed E-state index contributed by atoms with van der Waals surface area (Å²) in [5.41, 5.74) is 3.07. The van der Waals surface area contributed by atoms with Gasteiger partial charge in [0.25, 0.3) is 0 Å². The van der Waals surface area contributed by atoms with Crippen LogP contribution in [-0.4, -0.2) is 70.4 Å². The molecule has 1 aromatic heterocycles. The zero-order valence-electron chi connectivity index (χ0n) is 19.4. The number of nitrogens with zero attached hydrogens (tertiary/aromatic N) is 3. The van der Waals surface area contributed by atoms with Crippen LogP contribution in [0.2, 0.25) is 0 Å². The number of carboxylic acid groups (broad SMARTS) is 2. The van der Waals surface area contributed by atoms with Gasteiger partial charge < -0.3 is 15.1 Å². The van der Waals surface area contributed by atoms with Gasteiger partial charge in [-0.05, 0) is 49.7 Å². The number of hydrogen-bond acceptors (Lipinski definition) is 5. The third kappa shape index (κ3) is 7.41. The third-order valence-electron chi connectivity index (χ3n) is 5.80. The Morgan fingerprint density at radius 2 is 1.41 bits per heavy atom. The van der Waals surface area contributed by atoms with Crippen molar-refractivity contribution in [2.75, 3.05) is 25.0 Å². The van der Waals surface area contributed by atoms with Crippen molar-refractivity contribution in [3.05, 3.63) is 59.9 Å². The lowest BCUT2D eigenvalue weighted by atomic mass is 9.73. The van der Waals surface area contributed by atoms with Crippen molar-refractivity contribution in [2.24, 2.45) is 0 Å². The van der Waals surface area contributed by atoms with E-state index >= 15 is 0 Å². The van der Waals surface area contributed by atoms with E-state index in [0.717, 1.165) is 43.9 Å². The van der Waals surface area contributed by atoms with Crippen LogP contribution >= 0.6 is 0 Å². The van der Waals surface area contributed by atoms with E-state index in [1.165, 1.54) is 5.56 Å². The number of fused-ring (bicyclic) bond motifs is 2. The number of halogens is 6. The number of likely N-dealkylation sites (N-methyl/N-ethyl adjacent to an activating group) is 1. The highest BCUT2D eigenvalue weighted by Gasteiger charge is 2.50. The Kier molecular flexibility index (Phi) is 9.25. The molecule has 2 aliphatic rings. The summed E-state index contributed by atoms with van der Waals surface area (Å²) in [4.78, 5) is 39.3. The van der Waals surface area contributed by atoms with Gasteiger partial charge in [0.1, 0.15) is 0 Å². The van der Waals surface area contributed by atoms with Gasteiger partial charge in [0.2, 0.25) is 5.91 Å². The fourth-order valence-corrected chi connectivity index (χ4v) is 4.01. The van der Waals surface area contributed by atoms with E-state index in [0.29, 0.717) is 0 Å². The zero-order chi connectivity index (χ0) is 28.0. The molecule has 1 saturated heterocycles. The van der Waals surface area contributed by atoms with Gasteiger partial charge in [-0.3, -0.25) is 14.7 Å². The van der Waals surface area contributed by atoms with Gasteiger partial charge in [-0.2, -0.15) is 26.3 Å². The number of piperidine rings is 1. The number of carbonyl (C=O) groups excluding carboxylic acids is 1. The highest BCUT2D eigenvalue weighted by atomic mass is 19.4. The van der Waals surface area contributed by atoms with Gasteiger partial charge in [0.15, 0.2) is 0 Å². The first-order valence-electron chi connectivity index (χ1n) is 10.7. The van der Waals surface area contributed by atoms with E-state index in [4.69, 9.17) is 19.8 Å². The molecule has 2 N–H and O–H groups in total. The van der Waals surface area contributed by atoms with Gasteiger partial charge in [-0.15, -0.1) is 0 Å². The van der Waals surface area contributed by atoms with Crippen LogP contribution in [0.5, 0.6) is 0 Å². The number of anilines is 1. The smallest absolute Gasteiger partial charge is 0.475 e. The van der Waals surface area contributed by atoms with Crippen LogP contribution in [0.3, 0.4) is 0 Å². The average molecular weight is 535 g/mol. The second kappa shape index (κ2) is 11.6. The number of rotatable bonds is 2. The predicted octanol–water partition coefficient (Wildman–Crippen LogP) is 3.86. The molecule has 0 atom stereocenters. The highest BCUT2D eigenvalue weighted by Crippen LogP contribution is 2.47. The van der Waals surface area contributed by atoms with Crippen LogP contribution in [0.1, 0.15) is 24.1 Å². The minimum absolute atomic E-state index is 0.260. The monoisotopic (exact) mass is 535 g/mol. The molecule has 1 aromatic carbocycles. The van der Waals surface area contributed by atoms with E-state index < -0.39 is 24.3 Å². The van der Waals surface area contributed by atoms with Crippen LogP contribution in [0.15, 0.2) is 48.7 Å². The SMILES string of the molecule is CN1C(=O)C2(CCN(Cc3ccccn3)CC2)c2ccccc21.O=C(O)C(F)(F)F.O=C(O)C(F)(F)F. The summed E-state index contributed by atoms with van der Waals surface area (Å²) in [6.07, 6.45) is -6.55. The number of hydrogen-bond donors (Lipinski definition) is 2. The molecule has 1 spiro atoms. The number of amides is 1. The molecule has 1 fully saturated rings. The van der Waals surface area contributed by atoms with Crippen molar-refractivity contribution in [1.82, 2.24) is 9.88 Å². The number of benzene rings is 1. The van der Waals surface area contributed by atoms with Crippen molar-refractivity contribution in [1.29, 1.82) is 0 Å².